The summed E-state index contributed by atoms with van der Waals surface area (Å²) in [4.78, 5) is 2.29. The molecule has 1 aliphatic heterocycles. The van der Waals surface area contributed by atoms with Gasteiger partial charge in [0.2, 0.25) is 0 Å². The molecular formula is C15H19ClN6O. The van der Waals surface area contributed by atoms with Crippen molar-refractivity contribution >= 4 is 12.4 Å². The Bertz CT molecular complexity index is 687. The lowest BCUT2D eigenvalue weighted by Crippen LogP contribution is -2.45. The Kier molecular flexibility index (Phi) is 5.66. The van der Waals surface area contributed by atoms with Gasteiger partial charge in [0, 0.05) is 13.1 Å². The molecule has 7 nitrogen and oxygen atoms in total. The Morgan fingerprint density at radius 2 is 2.04 bits per heavy atom. The van der Waals surface area contributed by atoms with Gasteiger partial charge in [-0.15, -0.1) is 17.5 Å². The number of benzene rings is 1. The second-order valence-corrected chi connectivity index (χ2v) is 5.62. The lowest BCUT2D eigenvalue weighted by atomic mass is 10.2. The number of morpholine rings is 1. The fraction of sp³-hybridized carbons (Fsp3) is 0.467. The molecule has 1 fully saturated rings. The summed E-state index contributed by atoms with van der Waals surface area (Å²) < 4.78 is 7.43. The number of rotatable bonds is 3. The molecule has 2 atom stereocenters. The highest BCUT2D eigenvalue weighted by molar-refractivity contribution is 5.85. The fourth-order valence-electron chi connectivity index (χ4n) is 2.83. The Labute approximate surface area is 141 Å². The van der Waals surface area contributed by atoms with Crippen molar-refractivity contribution in [2.75, 3.05) is 13.1 Å². The van der Waals surface area contributed by atoms with Gasteiger partial charge in [-0.1, -0.05) is 6.07 Å². The van der Waals surface area contributed by atoms with Crippen molar-refractivity contribution in [1.29, 1.82) is 5.26 Å². The first-order valence-corrected chi connectivity index (χ1v) is 7.31. The van der Waals surface area contributed by atoms with Crippen molar-refractivity contribution in [3.8, 4) is 11.8 Å². The van der Waals surface area contributed by atoms with Gasteiger partial charge in [-0.25, -0.2) is 0 Å². The summed E-state index contributed by atoms with van der Waals surface area (Å²) in [5.41, 5.74) is 1.39. The van der Waals surface area contributed by atoms with Crippen molar-refractivity contribution in [1.82, 2.24) is 25.1 Å². The first-order valence-electron chi connectivity index (χ1n) is 7.31. The van der Waals surface area contributed by atoms with Gasteiger partial charge in [0.05, 0.1) is 36.1 Å². The average molecular weight is 335 g/mol. The minimum atomic E-state index is 0. The number of tetrazole rings is 1. The lowest BCUT2D eigenvalue weighted by molar-refractivity contribution is -0.0712. The van der Waals surface area contributed by atoms with E-state index in [2.05, 4.69) is 40.3 Å². The molecule has 0 bridgehead atoms. The maximum Gasteiger partial charge on any atom is 0.170 e. The van der Waals surface area contributed by atoms with Crippen LogP contribution in [0.25, 0.3) is 5.69 Å². The Morgan fingerprint density at radius 3 is 2.74 bits per heavy atom. The first-order chi connectivity index (χ1) is 10.7. The highest BCUT2D eigenvalue weighted by Crippen LogP contribution is 2.15. The van der Waals surface area contributed by atoms with Crippen LogP contribution in [0.4, 0.5) is 0 Å². The van der Waals surface area contributed by atoms with Gasteiger partial charge in [0.1, 0.15) is 0 Å². The summed E-state index contributed by atoms with van der Waals surface area (Å²) in [7, 11) is 0. The quantitative estimate of drug-likeness (QED) is 0.847. The predicted octanol–water partition coefficient (Wildman–Crippen LogP) is 1.56. The molecule has 1 aliphatic rings. The molecule has 0 N–H and O–H groups in total. The van der Waals surface area contributed by atoms with Gasteiger partial charge in [0.15, 0.2) is 5.82 Å². The van der Waals surface area contributed by atoms with Gasteiger partial charge in [0.25, 0.3) is 0 Å². The molecule has 1 saturated heterocycles. The van der Waals surface area contributed by atoms with E-state index >= 15 is 0 Å². The van der Waals surface area contributed by atoms with E-state index in [1.165, 1.54) is 0 Å². The van der Waals surface area contributed by atoms with Gasteiger partial charge >= 0.3 is 0 Å². The van der Waals surface area contributed by atoms with Crippen molar-refractivity contribution in [3.05, 3.63) is 35.7 Å². The van der Waals surface area contributed by atoms with Crippen LogP contribution in [0.15, 0.2) is 24.3 Å². The summed E-state index contributed by atoms with van der Waals surface area (Å²) in [6.07, 6.45) is 0.407. The number of ether oxygens (including phenoxy) is 1. The topological polar surface area (TPSA) is 79.9 Å². The minimum Gasteiger partial charge on any atom is -0.373 e. The van der Waals surface area contributed by atoms with Gasteiger partial charge in [-0.2, -0.15) is 9.94 Å². The van der Waals surface area contributed by atoms with E-state index in [4.69, 9.17) is 10.00 Å². The molecule has 0 spiro atoms. The van der Waals surface area contributed by atoms with Gasteiger partial charge in [-0.3, -0.25) is 4.90 Å². The number of hydrogen-bond donors (Lipinski definition) is 0. The standard InChI is InChI=1S/C15H18N6O.ClH/c1-11-8-20(9-12(2)22-11)10-15-17-18-19-21(15)14-5-3-4-13(6-14)7-16;/h3-6,11-12H,8-10H2,1-2H3;1H. The van der Waals surface area contributed by atoms with Crippen molar-refractivity contribution in [2.45, 2.75) is 32.6 Å². The Hall–Kier alpha value is -2.01. The van der Waals surface area contributed by atoms with E-state index in [9.17, 15) is 0 Å². The molecule has 8 heteroatoms. The molecule has 3 rings (SSSR count). The highest BCUT2D eigenvalue weighted by Gasteiger charge is 2.24. The summed E-state index contributed by atoms with van der Waals surface area (Å²) in [5, 5.41) is 21.0. The molecule has 122 valence electrons. The average Bonchev–Trinajstić information content (AvgIpc) is 2.94. The van der Waals surface area contributed by atoms with E-state index in [0.717, 1.165) is 24.6 Å². The third-order valence-corrected chi connectivity index (χ3v) is 3.61. The molecule has 0 amide bonds. The summed E-state index contributed by atoms with van der Waals surface area (Å²) in [6.45, 7) is 6.51. The maximum atomic E-state index is 9.02. The number of halogens is 1. The molecule has 1 aromatic heterocycles. The van der Waals surface area contributed by atoms with Crippen LogP contribution in [0.2, 0.25) is 0 Å². The summed E-state index contributed by atoms with van der Waals surface area (Å²) in [6, 6.07) is 9.40. The van der Waals surface area contributed by atoms with Gasteiger partial charge < -0.3 is 4.74 Å². The van der Waals surface area contributed by atoms with Crippen LogP contribution in [0.5, 0.6) is 0 Å². The van der Waals surface area contributed by atoms with Crippen LogP contribution < -0.4 is 0 Å². The van der Waals surface area contributed by atoms with Crippen molar-refractivity contribution < 1.29 is 4.74 Å². The van der Waals surface area contributed by atoms with Crippen molar-refractivity contribution in [3.63, 3.8) is 0 Å². The number of nitrogens with zero attached hydrogens (tertiary/aromatic N) is 6. The third-order valence-electron chi connectivity index (χ3n) is 3.61. The van der Waals surface area contributed by atoms with E-state index in [0.29, 0.717) is 12.1 Å². The molecule has 1 aromatic carbocycles. The molecular weight excluding hydrogens is 316 g/mol. The number of nitriles is 1. The second kappa shape index (κ2) is 7.51. The van der Waals surface area contributed by atoms with E-state index in [1.807, 2.05) is 12.1 Å². The van der Waals surface area contributed by atoms with Gasteiger partial charge in [-0.05, 0) is 42.5 Å². The fourth-order valence-corrected chi connectivity index (χ4v) is 2.83. The number of hydrogen-bond acceptors (Lipinski definition) is 6. The SMILES string of the molecule is CC1CN(Cc2nnnn2-c2cccc(C#N)c2)CC(C)O1.Cl. The summed E-state index contributed by atoms with van der Waals surface area (Å²) >= 11 is 0. The monoisotopic (exact) mass is 334 g/mol. The highest BCUT2D eigenvalue weighted by atomic mass is 35.5. The molecule has 0 radical (unpaired) electrons. The van der Waals surface area contributed by atoms with Crippen LogP contribution >= 0.6 is 12.4 Å². The number of aromatic nitrogens is 4. The first kappa shape index (κ1) is 17.3. The zero-order valence-electron chi connectivity index (χ0n) is 13.1. The molecule has 2 heterocycles. The van der Waals surface area contributed by atoms with Crippen LogP contribution in [0, 0.1) is 11.3 Å². The molecule has 23 heavy (non-hydrogen) atoms. The van der Waals surface area contributed by atoms with E-state index in [1.54, 1.807) is 16.8 Å². The summed E-state index contributed by atoms with van der Waals surface area (Å²) in [5.74, 6) is 0.761. The largest absolute Gasteiger partial charge is 0.373 e. The minimum absolute atomic E-state index is 0. The van der Waals surface area contributed by atoms with Crippen LogP contribution in [-0.4, -0.2) is 50.4 Å². The normalized spacial score (nSPS) is 21.4. The second-order valence-electron chi connectivity index (χ2n) is 5.62. The van der Waals surface area contributed by atoms with Crippen LogP contribution in [0.1, 0.15) is 25.2 Å². The van der Waals surface area contributed by atoms with Crippen LogP contribution in [-0.2, 0) is 11.3 Å². The lowest BCUT2D eigenvalue weighted by Gasteiger charge is -2.34. The molecule has 0 saturated carbocycles. The predicted molar refractivity (Wildman–Crippen MR) is 86.4 cm³/mol. The molecule has 2 aromatic rings. The Balaban J connectivity index is 0.00000192. The molecule has 2 unspecified atom stereocenters. The van der Waals surface area contributed by atoms with E-state index in [-0.39, 0.29) is 24.6 Å². The van der Waals surface area contributed by atoms with E-state index < -0.39 is 0 Å². The third kappa shape index (κ3) is 4.05. The van der Waals surface area contributed by atoms with Crippen LogP contribution in [0.3, 0.4) is 0 Å². The smallest absolute Gasteiger partial charge is 0.170 e. The maximum absolute atomic E-state index is 9.02. The Morgan fingerprint density at radius 1 is 1.30 bits per heavy atom. The van der Waals surface area contributed by atoms with Crippen molar-refractivity contribution in [2.24, 2.45) is 0 Å². The molecule has 0 aliphatic carbocycles. The zero-order chi connectivity index (χ0) is 15.5. The zero-order valence-corrected chi connectivity index (χ0v) is 13.9.